The monoisotopic (exact) mass is 345 g/mol. The summed E-state index contributed by atoms with van der Waals surface area (Å²) in [6.45, 7) is 0. The zero-order valence-electron chi connectivity index (χ0n) is 14.8. The largest absolute Gasteiger partial charge is 0.439 e. The number of benzene rings is 2. The van der Waals surface area contributed by atoms with Crippen LogP contribution in [0.25, 0.3) is 11.4 Å². The van der Waals surface area contributed by atoms with Gasteiger partial charge in [0.1, 0.15) is 11.6 Å². The smallest absolute Gasteiger partial charge is 0.224 e. The van der Waals surface area contributed by atoms with Gasteiger partial charge in [0.2, 0.25) is 5.88 Å². The lowest BCUT2D eigenvalue weighted by Gasteiger charge is -2.23. The van der Waals surface area contributed by atoms with Crippen LogP contribution < -0.4 is 10.1 Å². The van der Waals surface area contributed by atoms with Crippen molar-refractivity contribution in [3.05, 3.63) is 66.7 Å². The van der Waals surface area contributed by atoms with Gasteiger partial charge >= 0.3 is 0 Å². The predicted octanol–water partition coefficient (Wildman–Crippen LogP) is 5.68. The summed E-state index contributed by atoms with van der Waals surface area (Å²) in [5, 5.41) is 3.59. The molecule has 1 heterocycles. The Labute approximate surface area is 154 Å². The fourth-order valence-corrected chi connectivity index (χ4v) is 3.33. The summed E-state index contributed by atoms with van der Waals surface area (Å²) in [5.41, 5.74) is 0.984. The van der Waals surface area contributed by atoms with Crippen molar-refractivity contribution in [1.82, 2.24) is 9.97 Å². The lowest BCUT2D eigenvalue weighted by Crippen LogP contribution is -2.23. The zero-order chi connectivity index (χ0) is 17.6. The summed E-state index contributed by atoms with van der Waals surface area (Å²) in [7, 11) is 0. The first kappa shape index (κ1) is 16.6. The van der Waals surface area contributed by atoms with E-state index >= 15 is 0 Å². The van der Waals surface area contributed by atoms with Crippen LogP contribution >= 0.6 is 0 Å². The SMILES string of the molecule is c1ccc(Oc2cc(NC3CCCCC3)nc(-c3ccccc3)n2)cc1. The van der Waals surface area contributed by atoms with Gasteiger partial charge in [-0.25, -0.2) is 4.98 Å². The number of hydrogen-bond acceptors (Lipinski definition) is 4. The Morgan fingerprint density at radius 3 is 2.23 bits per heavy atom. The van der Waals surface area contributed by atoms with Crippen LogP contribution in [-0.2, 0) is 0 Å². The molecule has 26 heavy (non-hydrogen) atoms. The maximum atomic E-state index is 5.98. The van der Waals surface area contributed by atoms with Gasteiger partial charge in [0.15, 0.2) is 5.82 Å². The molecular formula is C22H23N3O. The minimum atomic E-state index is 0.479. The third-order valence-corrected chi connectivity index (χ3v) is 4.66. The highest BCUT2D eigenvalue weighted by Gasteiger charge is 2.15. The Morgan fingerprint density at radius 2 is 1.50 bits per heavy atom. The molecule has 0 spiro atoms. The predicted molar refractivity (Wildman–Crippen MR) is 104 cm³/mol. The van der Waals surface area contributed by atoms with E-state index in [0.29, 0.717) is 17.7 Å². The molecule has 2 aromatic carbocycles. The van der Waals surface area contributed by atoms with Crippen LogP contribution in [0.3, 0.4) is 0 Å². The summed E-state index contributed by atoms with van der Waals surface area (Å²) < 4.78 is 5.98. The van der Waals surface area contributed by atoms with Crippen LogP contribution in [0.5, 0.6) is 11.6 Å². The molecule has 3 aromatic rings. The number of ether oxygens (including phenoxy) is 1. The Morgan fingerprint density at radius 1 is 0.808 bits per heavy atom. The Kier molecular flexibility index (Phi) is 5.10. The summed E-state index contributed by atoms with van der Waals surface area (Å²) in [4.78, 5) is 9.36. The Balaban J connectivity index is 1.64. The number of nitrogens with zero attached hydrogens (tertiary/aromatic N) is 2. The number of aromatic nitrogens is 2. The highest BCUT2D eigenvalue weighted by atomic mass is 16.5. The molecule has 1 aliphatic carbocycles. The standard InChI is InChI=1S/C22H23N3O/c1-4-10-17(11-5-1)22-24-20(23-18-12-6-2-7-13-18)16-21(25-22)26-19-14-8-3-9-15-19/h1,3-5,8-11,14-16,18H,2,6-7,12-13H2,(H,23,24,25). The Bertz CT molecular complexity index is 831. The fraction of sp³-hybridized carbons (Fsp3) is 0.273. The lowest BCUT2D eigenvalue weighted by atomic mass is 9.95. The molecule has 1 N–H and O–H groups in total. The fourth-order valence-electron chi connectivity index (χ4n) is 3.33. The molecule has 4 rings (SSSR count). The highest BCUT2D eigenvalue weighted by molar-refractivity contribution is 5.58. The van der Waals surface area contributed by atoms with Crippen LogP contribution in [0.2, 0.25) is 0 Å². The van der Waals surface area contributed by atoms with Crippen molar-refractivity contribution in [2.75, 3.05) is 5.32 Å². The van der Waals surface area contributed by atoms with E-state index in [-0.39, 0.29) is 0 Å². The van der Waals surface area contributed by atoms with Gasteiger partial charge in [-0.05, 0) is 25.0 Å². The summed E-state index contributed by atoms with van der Waals surface area (Å²) >= 11 is 0. The first-order valence-electron chi connectivity index (χ1n) is 9.31. The van der Waals surface area contributed by atoms with Crippen LogP contribution in [0.4, 0.5) is 5.82 Å². The van der Waals surface area contributed by atoms with Gasteiger partial charge in [-0.3, -0.25) is 0 Å². The minimum absolute atomic E-state index is 0.479. The van der Waals surface area contributed by atoms with Gasteiger partial charge in [0, 0.05) is 17.7 Å². The van der Waals surface area contributed by atoms with Gasteiger partial charge < -0.3 is 10.1 Å². The highest BCUT2D eigenvalue weighted by Crippen LogP contribution is 2.27. The topological polar surface area (TPSA) is 47.0 Å². The first-order chi connectivity index (χ1) is 12.9. The Hall–Kier alpha value is -2.88. The molecule has 4 nitrogen and oxygen atoms in total. The van der Waals surface area contributed by atoms with Crippen LogP contribution in [0.1, 0.15) is 32.1 Å². The number of nitrogens with one attached hydrogen (secondary N) is 1. The average molecular weight is 345 g/mol. The molecule has 4 heteroatoms. The molecule has 0 atom stereocenters. The van der Waals surface area contributed by atoms with Crippen molar-refractivity contribution in [1.29, 1.82) is 0 Å². The van der Waals surface area contributed by atoms with Gasteiger partial charge in [0.05, 0.1) is 0 Å². The second-order valence-corrected chi connectivity index (χ2v) is 6.68. The van der Waals surface area contributed by atoms with E-state index in [9.17, 15) is 0 Å². The average Bonchev–Trinajstić information content (AvgIpc) is 2.70. The molecule has 0 saturated heterocycles. The van der Waals surface area contributed by atoms with Crippen LogP contribution in [0, 0.1) is 0 Å². The van der Waals surface area contributed by atoms with Crippen molar-refractivity contribution >= 4 is 5.82 Å². The van der Waals surface area contributed by atoms with Crippen molar-refractivity contribution < 1.29 is 4.74 Å². The van der Waals surface area contributed by atoms with E-state index < -0.39 is 0 Å². The van der Waals surface area contributed by atoms with Crippen molar-refractivity contribution in [2.24, 2.45) is 0 Å². The quantitative estimate of drug-likeness (QED) is 0.646. The molecule has 1 fully saturated rings. The second kappa shape index (κ2) is 8.00. The summed E-state index contributed by atoms with van der Waals surface area (Å²) in [6.07, 6.45) is 6.28. The van der Waals surface area contributed by atoms with E-state index in [1.54, 1.807) is 0 Å². The normalized spacial score (nSPS) is 14.8. The number of rotatable bonds is 5. The first-order valence-corrected chi connectivity index (χ1v) is 9.31. The molecule has 132 valence electrons. The molecule has 0 amide bonds. The van der Waals surface area contributed by atoms with Crippen LogP contribution in [-0.4, -0.2) is 16.0 Å². The van der Waals surface area contributed by atoms with Gasteiger partial charge in [-0.2, -0.15) is 4.98 Å². The summed E-state index contributed by atoms with van der Waals surface area (Å²) in [6, 6.07) is 22.1. The molecule has 1 saturated carbocycles. The van der Waals surface area contributed by atoms with E-state index in [4.69, 9.17) is 9.72 Å². The summed E-state index contributed by atoms with van der Waals surface area (Å²) in [5.74, 6) is 2.84. The zero-order valence-corrected chi connectivity index (χ0v) is 14.8. The second-order valence-electron chi connectivity index (χ2n) is 6.68. The molecular weight excluding hydrogens is 322 g/mol. The van der Waals surface area contributed by atoms with E-state index in [1.165, 1.54) is 32.1 Å². The molecule has 1 aromatic heterocycles. The minimum Gasteiger partial charge on any atom is -0.439 e. The van der Waals surface area contributed by atoms with E-state index in [1.807, 2.05) is 66.7 Å². The molecule has 0 bridgehead atoms. The van der Waals surface area contributed by atoms with Crippen molar-refractivity contribution in [3.63, 3.8) is 0 Å². The van der Waals surface area contributed by atoms with Crippen molar-refractivity contribution in [3.8, 4) is 23.0 Å². The third-order valence-electron chi connectivity index (χ3n) is 4.66. The van der Waals surface area contributed by atoms with Crippen LogP contribution in [0.15, 0.2) is 66.7 Å². The molecule has 0 aliphatic heterocycles. The molecule has 0 unspecified atom stereocenters. The number of para-hydroxylation sites is 1. The number of hydrogen-bond donors (Lipinski definition) is 1. The maximum absolute atomic E-state index is 5.98. The lowest BCUT2D eigenvalue weighted by molar-refractivity contribution is 0.456. The maximum Gasteiger partial charge on any atom is 0.224 e. The number of anilines is 1. The van der Waals surface area contributed by atoms with E-state index in [0.717, 1.165) is 17.1 Å². The third kappa shape index (κ3) is 4.20. The van der Waals surface area contributed by atoms with Crippen molar-refractivity contribution in [2.45, 2.75) is 38.1 Å². The van der Waals surface area contributed by atoms with Gasteiger partial charge in [0.25, 0.3) is 0 Å². The molecule has 1 aliphatic rings. The van der Waals surface area contributed by atoms with E-state index in [2.05, 4.69) is 10.3 Å². The van der Waals surface area contributed by atoms with Gasteiger partial charge in [-0.15, -0.1) is 0 Å². The van der Waals surface area contributed by atoms with Gasteiger partial charge in [-0.1, -0.05) is 67.8 Å². The molecule has 0 radical (unpaired) electrons.